The van der Waals surface area contributed by atoms with Gasteiger partial charge in [0.15, 0.2) is 0 Å². The van der Waals surface area contributed by atoms with Crippen molar-refractivity contribution in [1.29, 1.82) is 0 Å². The van der Waals surface area contributed by atoms with Gasteiger partial charge >= 0.3 is 0 Å². The van der Waals surface area contributed by atoms with Crippen LogP contribution in [0.15, 0.2) is 48.5 Å². The Balaban J connectivity index is 1.79. The Morgan fingerprint density at radius 1 is 1.05 bits per heavy atom. The zero-order valence-corrected chi connectivity index (χ0v) is 12.7. The Kier molecular flexibility index (Phi) is 2.98. The minimum Gasteiger partial charge on any atom is -0.495 e. The number of nitrogens with one attached hydrogen (secondary N) is 3. The monoisotopic (exact) mass is 311 g/mol. The Hall–Kier alpha value is -2.59. The highest BCUT2D eigenvalue weighted by molar-refractivity contribution is 6.31. The van der Waals surface area contributed by atoms with E-state index in [9.17, 15) is 0 Å². The van der Waals surface area contributed by atoms with Gasteiger partial charge < -0.3 is 10.1 Å². The lowest BCUT2D eigenvalue weighted by Crippen LogP contribution is -1.95. The van der Waals surface area contributed by atoms with Crippen molar-refractivity contribution >= 4 is 33.9 Å². The lowest BCUT2D eigenvalue weighted by molar-refractivity contribution is 0.417. The summed E-state index contributed by atoms with van der Waals surface area (Å²) in [6.45, 7) is 0. The summed E-state index contributed by atoms with van der Waals surface area (Å²) in [6, 6.07) is 15.9. The molecule has 2 aliphatic rings. The number of ether oxygens (including phenoxy) is 1. The molecule has 5 heteroatoms. The summed E-state index contributed by atoms with van der Waals surface area (Å²) >= 11 is 6.08. The lowest BCUT2D eigenvalue weighted by Gasteiger charge is -2.10. The van der Waals surface area contributed by atoms with E-state index < -0.39 is 0 Å². The van der Waals surface area contributed by atoms with Gasteiger partial charge in [0.1, 0.15) is 11.6 Å². The van der Waals surface area contributed by atoms with Gasteiger partial charge in [0.05, 0.1) is 18.5 Å². The molecular weight excluding hydrogens is 298 g/mol. The number of H-pyrrole nitrogens is 2. The molecule has 2 aromatic carbocycles. The number of benzene rings is 2. The van der Waals surface area contributed by atoms with Gasteiger partial charge in [-0.15, -0.1) is 0 Å². The molecule has 0 radical (unpaired) electrons. The molecule has 0 atom stereocenters. The molecule has 4 rings (SSSR count). The second kappa shape index (κ2) is 5.00. The van der Waals surface area contributed by atoms with Gasteiger partial charge in [-0.1, -0.05) is 35.9 Å². The van der Waals surface area contributed by atoms with Crippen LogP contribution < -0.4 is 10.1 Å². The van der Waals surface area contributed by atoms with Gasteiger partial charge in [-0.2, -0.15) is 0 Å². The van der Waals surface area contributed by atoms with E-state index in [1.54, 1.807) is 13.2 Å². The Morgan fingerprint density at radius 3 is 2.77 bits per heavy atom. The summed E-state index contributed by atoms with van der Waals surface area (Å²) in [4.78, 5) is 0. The molecule has 22 heavy (non-hydrogen) atoms. The van der Waals surface area contributed by atoms with Gasteiger partial charge in [-0.25, -0.2) is 0 Å². The van der Waals surface area contributed by atoms with Gasteiger partial charge in [0.2, 0.25) is 0 Å². The number of fused-ring (bicyclic) bond motifs is 3. The lowest BCUT2D eigenvalue weighted by atomic mass is 10.2. The van der Waals surface area contributed by atoms with E-state index in [0.717, 1.165) is 28.5 Å². The highest BCUT2D eigenvalue weighted by Crippen LogP contribution is 2.39. The first-order valence-electron chi connectivity index (χ1n) is 6.94. The van der Waals surface area contributed by atoms with Gasteiger partial charge in [-0.05, 0) is 29.7 Å². The molecule has 0 fully saturated rings. The molecule has 0 bridgehead atoms. The third kappa shape index (κ3) is 2.00. The maximum absolute atomic E-state index is 6.08. The number of hydrogen-bond donors (Lipinski definition) is 3. The fraction of sp³-hybridized carbons (Fsp3) is 0.0588. The van der Waals surface area contributed by atoms with E-state index in [-0.39, 0.29) is 0 Å². The molecule has 0 spiro atoms. The number of halogens is 1. The van der Waals surface area contributed by atoms with E-state index >= 15 is 0 Å². The van der Waals surface area contributed by atoms with Gasteiger partial charge in [0, 0.05) is 16.0 Å². The molecule has 3 N–H and O–H groups in total. The summed E-state index contributed by atoms with van der Waals surface area (Å²) in [5, 5.41) is 12.8. The highest BCUT2D eigenvalue weighted by atomic mass is 35.5. The highest BCUT2D eigenvalue weighted by Gasteiger charge is 2.17. The summed E-state index contributed by atoms with van der Waals surface area (Å²) in [5.41, 5.74) is 3.00. The third-order valence-electron chi connectivity index (χ3n) is 3.80. The molecule has 0 saturated carbocycles. The number of hydrogen-bond acceptors (Lipinski definition) is 2. The van der Waals surface area contributed by atoms with Crippen LogP contribution in [-0.4, -0.2) is 17.3 Å². The second-order valence-electron chi connectivity index (χ2n) is 5.11. The maximum atomic E-state index is 6.08. The van der Waals surface area contributed by atoms with Crippen molar-refractivity contribution in [2.45, 2.75) is 0 Å². The molecule has 0 aromatic heterocycles. The molecule has 1 heterocycles. The van der Waals surface area contributed by atoms with E-state index in [4.69, 9.17) is 16.3 Å². The zero-order chi connectivity index (χ0) is 15.1. The number of aromatic amines is 2. The van der Waals surface area contributed by atoms with Crippen molar-refractivity contribution < 1.29 is 4.74 Å². The average molecular weight is 312 g/mol. The first-order chi connectivity index (χ1) is 10.8. The van der Waals surface area contributed by atoms with Crippen molar-refractivity contribution in [3.63, 3.8) is 0 Å². The molecule has 2 aromatic rings. The fourth-order valence-electron chi connectivity index (χ4n) is 2.76. The number of aromatic nitrogens is 2. The predicted octanol–water partition coefficient (Wildman–Crippen LogP) is 5.01. The van der Waals surface area contributed by atoms with Crippen LogP contribution in [0.4, 0.5) is 11.5 Å². The van der Waals surface area contributed by atoms with Crippen LogP contribution in [0, 0.1) is 0 Å². The summed E-state index contributed by atoms with van der Waals surface area (Å²) < 4.78 is 5.37. The van der Waals surface area contributed by atoms with Gasteiger partial charge in [-0.3, -0.25) is 10.2 Å². The van der Waals surface area contributed by atoms with Crippen LogP contribution in [0.5, 0.6) is 5.75 Å². The molecule has 4 nitrogen and oxygen atoms in total. The van der Waals surface area contributed by atoms with E-state index in [0.29, 0.717) is 5.02 Å². The van der Waals surface area contributed by atoms with E-state index in [1.807, 2.05) is 24.3 Å². The average Bonchev–Trinajstić information content (AvgIpc) is 3.08. The zero-order valence-electron chi connectivity index (χ0n) is 11.9. The largest absolute Gasteiger partial charge is 0.495 e. The van der Waals surface area contributed by atoms with Crippen LogP contribution in [0.25, 0.3) is 22.0 Å². The van der Waals surface area contributed by atoms with Crippen molar-refractivity contribution in [3.05, 3.63) is 53.6 Å². The van der Waals surface area contributed by atoms with Crippen LogP contribution in [0.2, 0.25) is 5.02 Å². The number of anilines is 2. The quantitative estimate of drug-likeness (QED) is 0.498. The SMILES string of the molecule is COc1ccc(Cl)cc1Nc1[nH][nH]c2c3ccccc3cc1-2. The van der Waals surface area contributed by atoms with Crippen LogP contribution in [0.1, 0.15) is 0 Å². The van der Waals surface area contributed by atoms with Crippen LogP contribution >= 0.6 is 11.6 Å². The number of methoxy groups -OCH3 is 1. The standard InChI is InChI=1S/C17H14ClN3O/c1-22-15-7-6-11(18)9-14(15)19-17-13-8-10-4-2-3-5-12(10)16(13)20-21-17/h2-9,19-21H,1H3. The minimum atomic E-state index is 0.655. The number of rotatable bonds is 3. The smallest absolute Gasteiger partial charge is 0.142 e. The summed E-state index contributed by atoms with van der Waals surface area (Å²) in [7, 11) is 1.64. The third-order valence-corrected chi connectivity index (χ3v) is 4.04. The Morgan fingerprint density at radius 2 is 1.91 bits per heavy atom. The maximum Gasteiger partial charge on any atom is 0.142 e. The first-order valence-corrected chi connectivity index (χ1v) is 7.32. The molecule has 1 aliphatic heterocycles. The van der Waals surface area contributed by atoms with Gasteiger partial charge in [0.25, 0.3) is 0 Å². The van der Waals surface area contributed by atoms with E-state index in [1.165, 1.54) is 10.8 Å². The first kappa shape index (κ1) is 13.1. The van der Waals surface area contributed by atoms with E-state index in [2.05, 4.69) is 33.7 Å². The molecule has 0 unspecified atom stereocenters. The molecule has 0 saturated heterocycles. The topological polar surface area (TPSA) is 52.8 Å². The summed E-state index contributed by atoms with van der Waals surface area (Å²) in [6.07, 6.45) is 0. The Labute approximate surface area is 132 Å². The minimum absolute atomic E-state index is 0.655. The fourth-order valence-corrected chi connectivity index (χ4v) is 2.93. The predicted molar refractivity (Wildman–Crippen MR) is 90.6 cm³/mol. The molecule has 110 valence electrons. The van der Waals surface area contributed by atoms with Crippen LogP contribution in [-0.2, 0) is 0 Å². The van der Waals surface area contributed by atoms with Crippen molar-refractivity contribution in [2.24, 2.45) is 0 Å². The van der Waals surface area contributed by atoms with Crippen molar-refractivity contribution in [1.82, 2.24) is 10.2 Å². The normalized spacial score (nSPS) is 11.2. The Bertz CT molecular complexity index is 925. The second-order valence-corrected chi connectivity index (χ2v) is 5.55. The van der Waals surface area contributed by atoms with Crippen molar-refractivity contribution in [2.75, 3.05) is 12.4 Å². The molecular formula is C17H14ClN3O. The van der Waals surface area contributed by atoms with Crippen molar-refractivity contribution in [3.8, 4) is 17.0 Å². The molecule has 1 aliphatic carbocycles. The van der Waals surface area contributed by atoms with Crippen LogP contribution in [0.3, 0.4) is 0 Å². The summed E-state index contributed by atoms with van der Waals surface area (Å²) in [5.74, 6) is 1.62. The molecule has 0 amide bonds.